The van der Waals surface area contributed by atoms with Crippen molar-refractivity contribution in [2.45, 2.75) is 45.1 Å². The van der Waals surface area contributed by atoms with Crippen molar-refractivity contribution in [2.24, 2.45) is 0 Å². The Morgan fingerprint density at radius 2 is 1.38 bits per heavy atom. The Hall–Kier alpha value is -3.35. The van der Waals surface area contributed by atoms with Gasteiger partial charge in [-0.3, -0.25) is 0 Å². The van der Waals surface area contributed by atoms with Gasteiger partial charge < -0.3 is 9.47 Å². The molecule has 0 saturated heterocycles. The van der Waals surface area contributed by atoms with Crippen molar-refractivity contribution in [1.82, 2.24) is 0 Å². The average Bonchev–Trinajstić information content (AvgIpc) is 2.82. The standard InChI is InChI=1S/C27H23F5O2/c1-2-3-17-4-13-25(33-16-17)21-11-9-19(10-12-21)18-5-7-20(8-6-18)22-14-23(28)26(24(29)15-22)34-27(30,31)32/h5-12,14-16,25H,2-4,13H2,1H3. The van der Waals surface area contributed by atoms with Crippen LogP contribution in [0.2, 0.25) is 0 Å². The molecule has 7 heteroatoms. The molecule has 1 heterocycles. The van der Waals surface area contributed by atoms with Gasteiger partial charge in [0.25, 0.3) is 0 Å². The highest BCUT2D eigenvalue weighted by atomic mass is 19.4. The van der Waals surface area contributed by atoms with E-state index in [0.29, 0.717) is 5.56 Å². The molecule has 1 aliphatic heterocycles. The summed E-state index contributed by atoms with van der Waals surface area (Å²) in [4.78, 5) is 0. The number of halogens is 5. The molecular weight excluding hydrogens is 451 g/mol. The molecule has 0 bridgehead atoms. The second-order valence-electron chi connectivity index (χ2n) is 8.21. The zero-order valence-electron chi connectivity index (χ0n) is 18.5. The van der Waals surface area contributed by atoms with Crippen molar-refractivity contribution in [3.63, 3.8) is 0 Å². The first-order chi connectivity index (χ1) is 16.2. The van der Waals surface area contributed by atoms with E-state index in [0.717, 1.165) is 54.5 Å². The smallest absolute Gasteiger partial charge is 0.493 e. The molecule has 2 nitrogen and oxygen atoms in total. The van der Waals surface area contributed by atoms with Crippen LogP contribution in [0.15, 0.2) is 72.5 Å². The molecule has 34 heavy (non-hydrogen) atoms. The second kappa shape index (κ2) is 9.87. The van der Waals surface area contributed by atoms with Crippen LogP contribution in [0.25, 0.3) is 22.3 Å². The third-order valence-electron chi connectivity index (χ3n) is 5.75. The SMILES string of the molecule is CCCC1=COC(c2ccc(-c3ccc(-c4cc(F)c(OC(F)(F)F)c(F)c4)cc3)cc2)CC1. The van der Waals surface area contributed by atoms with Crippen molar-refractivity contribution < 1.29 is 31.4 Å². The maximum Gasteiger partial charge on any atom is 0.573 e. The zero-order valence-corrected chi connectivity index (χ0v) is 18.5. The highest BCUT2D eigenvalue weighted by Gasteiger charge is 2.34. The quantitative estimate of drug-likeness (QED) is 0.333. The summed E-state index contributed by atoms with van der Waals surface area (Å²) in [5, 5.41) is 0. The first-order valence-corrected chi connectivity index (χ1v) is 11.0. The highest BCUT2D eigenvalue weighted by molar-refractivity contribution is 5.71. The number of hydrogen-bond acceptors (Lipinski definition) is 2. The van der Waals surface area contributed by atoms with Crippen molar-refractivity contribution in [1.29, 1.82) is 0 Å². The molecular formula is C27H23F5O2. The Balaban J connectivity index is 1.48. The van der Waals surface area contributed by atoms with Gasteiger partial charge in [-0.2, -0.15) is 0 Å². The summed E-state index contributed by atoms with van der Waals surface area (Å²) in [5.41, 5.74) is 4.86. The minimum absolute atomic E-state index is 0.0334. The van der Waals surface area contributed by atoms with Crippen LogP contribution >= 0.6 is 0 Å². The average molecular weight is 474 g/mol. The van der Waals surface area contributed by atoms with Crippen LogP contribution in [-0.4, -0.2) is 6.36 Å². The molecule has 1 aliphatic rings. The van der Waals surface area contributed by atoms with Gasteiger partial charge in [-0.15, -0.1) is 13.2 Å². The number of alkyl halides is 3. The largest absolute Gasteiger partial charge is 0.573 e. The number of ether oxygens (including phenoxy) is 2. The third-order valence-corrected chi connectivity index (χ3v) is 5.75. The second-order valence-corrected chi connectivity index (χ2v) is 8.21. The predicted molar refractivity (Wildman–Crippen MR) is 120 cm³/mol. The lowest BCUT2D eigenvalue weighted by molar-refractivity contribution is -0.276. The van der Waals surface area contributed by atoms with Gasteiger partial charge in [0.05, 0.1) is 6.26 Å². The van der Waals surface area contributed by atoms with Crippen molar-refractivity contribution in [3.8, 4) is 28.0 Å². The van der Waals surface area contributed by atoms with Crippen molar-refractivity contribution in [2.75, 3.05) is 0 Å². The summed E-state index contributed by atoms with van der Waals surface area (Å²) in [6.07, 6.45) is 0.884. The van der Waals surface area contributed by atoms with Gasteiger partial charge in [-0.05, 0) is 64.8 Å². The van der Waals surface area contributed by atoms with E-state index in [9.17, 15) is 22.0 Å². The molecule has 3 aromatic carbocycles. The maximum absolute atomic E-state index is 14.0. The molecule has 1 unspecified atom stereocenters. The van der Waals surface area contributed by atoms with Gasteiger partial charge >= 0.3 is 6.36 Å². The monoisotopic (exact) mass is 474 g/mol. The molecule has 3 aromatic rings. The lowest BCUT2D eigenvalue weighted by atomic mass is 9.95. The molecule has 0 aliphatic carbocycles. The van der Waals surface area contributed by atoms with Gasteiger partial charge in [-0.25, -0.2) is 8.78 Å². The van der Waals surface area contributed by atoms with E-state index in [1.807, 2.05) is 30.5 Å². The summed E-state index contributed by atoms with van der Waals surface area (Å²) < 4.78 is 74.4. The van der Waals surface area contributed by atoms with E-state index in [2.05, 4.69) is 11.7 Å². The van der Waals surface area contributed by atoms with Crippen LogP contribution in [-0.2, 0) is 4.74 Å². The number of benzene rings is 3. The number of hydrogen-bond donors (Lipinski definition) is 0. The molecule has 4 rings (SSSR count). The fourth-order valence-electron chi connectivity index (χ4n) is 4.06. The summed E-state index contributed by atoms with van der Waals surface area (Å²) in [7, 11) is 0. The lowest BCUT2D eigenvalue weighted by Gasteiger charge is -2.23. The summed E-state index contributed by atoms with van der Waals surface area (Å²) in [6.45, 7) is 2.15. The Bertz CT molecular complexity index is 1140. The van der Waals surface area contributed by atoms with E-state index in [4.69, 9.17) is 4.74 Å². The third kappa shape index (κ3) is 5.58. The summed E-state index contributed by atoms with van der Waals surface area (Å²) in [6, 6.07) is 16.6. The summed E-state index contributed by atoms with van der Waals surface area (Å²) >= 11 is 0. The van der Waals surface area contributed by atoms with E-state index >= 15 is 0 Å². The van der Waals surface area contributed by atoms with Crippen molar-refractivity contribution >= 4 is 0 Å². The fourth-order valence-corrected chi connectivity index (χ4v) is 4.06. The summed E-state index contributed by atoms with van der Waals surface area (Å²) in [5.74, 6) is -4.31. The Labute approximate surface area is 194 Å². The highest BCUT2D eigenvalue weighted by Crippen LogP contribution is 2.35. The first kappa shape index (κ1) is 23.8. The van der Waals surface area contributed by atoms with Crippen LogP contribution in [0.4, 0.5) is 22.0 Å². The molecule has 0 aromatic heterocycles. The van der Waals surface area contributed by atoms with Gasteiger partial charge in [-0.1, -0.05) is 61.9 Å². The molecule has 0 fully saturated rings. The Morgan fingerprint density at radius 1 is 0.853 bits per heavy atom. The minimum Gasteiger partial charge on any atom is -0.493 e. The Kier molecular flexibility index (Phi) is 6.91. The predicted octanol–water partition coefficient (Wildman–Crippen LogP) is 8.73. The minimum atomic E-state index is -5.18. The van der Waals surface area contributed by atoms with Crippen LogP contribution in [0.5, 0.6) is 5.75 Å². The normalized spacial score (nSPS) is 16.1. The molecule has 178 valence electrons. The van der Waals surface area contributed by atoms with Crippen LogP contribution in [0.3, 0.4) is 0 Å². The van der Waals surface area contributed by atoms with E-state index in [-0.39, 0.29) is 11.7 Å². The maximum atomic E-state index is 14.0. The van der Waals surface area contributed by atoms with Gasteiger partial charge in [0.15, 0.2) is 11.6 Å². The van der Waals surface area contributed by atoms with Crippen LogP contribution < -0.4 is 4.74 Å². The number of allylic oxidation sites excluding steroid dienone is 1. The molecule has 0 amide bonds. The Morgan fingerprint density at radius 3 is 1.85 bits per heavy atom. The van der Waals surface area contributed by atoms with Gasteiger partial charge in [0.1, 0.15) is 6.10 Å². The van der Waals surface area contributed by atoms with E-state index in [1.54, 1.807) is 24.3 Å². The topological polar surface area (TPSA) is 18.5 Å². The van der Waals surface area contributed by atoms with Gasteiger partial charge in [0.2, 0.25) is 5.75 Å². The lowest BCUT2D eigenvalue weighted by Crippen LogP contribution is -2.19. The molecule has 0 spiro atoms. The molecule has 1 atom stereocenters. The molecule has 0 N–H and O–H groups in total. The van der Waals surface area contributed by atoms with Crippen molar-refractivity contribution in [3.05, 3.63) is 89.7 Å². The number of rotatable bonds is 6. The van der Waals surface area contributed by atoms with E-state index < -0.39 is 23.7 Å². The zero-order chi connectivity index (χ0) is 24.3. The molecule has 0 radical (unpaired) electrons. The first-order valence-electron chi connectivity index (χ1n) is 11.0. The van der Waals surface area contributed by atoms with Crippen LogP contribution in [0.1, 0.15) is 44.3 Å². The van der Waals surface area contributed by atoms with Gasteiger partial charge in [0, 0.05) is 0 Å². The van der Waals surface area contributed by atoms with Crippen LogP contribution in [0, 0.1) is 11.6 Å². The molecule has 0 saturated carbocycles. The van der Waals surface area contributed by atoms with E-state index in [1.165, 1.54) is 5.57 Å². The fraction of sp³-hybridized carbons (Fsp3) is 0.259.